The van der Waals surface area contributed by atoms with Crippen LogP contribution in [0.3, 0.4) is 0 Å². The third kappa shape index (κ3) is 5.05. The molecule has 0 spiro atoms. The molecule has 0 saturated carbocycles. The maximum atomic E-state index is 13.9. The van der Waals surface area contributed by atoms with Gasteiger partial charge in [-0.3, -0.25) is 9.47 Å². The Morgan fingerprint density at radius 3 is 2.59 bits per heavy atom. The molecule has 160 valence electrons. The lowest BCUT2D eigenvalue weighted by Crippen LogP contribution is -2.44. The van der Waals surface area contributed by atoms with Gasteiger partial charge in [0, 0.05) is 19.2 Å². The quantitative estimate of drug-likeness (QED) is 0.584. The summed E-state index contributed by atoms with van der Waals surface area (Å²) in [5.74, 6) is 0.482. The summed E-state index contributed by atoms with van der Waals surface area (Å²) in [6.45, 7) is 7.82. The average Bonchev–Trinajstić information content (AvgIpc) is 3.00. The van der Waals surface area contributed by atoms with Gasteiger partial charge in [0.2, 0.25) is 0 Å². The van der Waals surface area contributed by atoms with Crippen LogP contribution in [0.4, 0.5) is 4.39 Å². The SMILES string of the molecule is COCC(C)n1c(COc2ccccc2F)nn(CN2C(C)CCCC2C)c1=S. The van der Waals surface area contributed by atoms with Gasteiger partial charge in [-0.2, -0.15) is 5.10 Å². The monoisotopic (exact) mass is 422 g/mol. The number of hydrogen-bond acceptors (Lipinski definition) is 5. The van der Waals surface area contributed by atoms with Crippen molar-refractivity contribution in [3.63, 3.8) is 0 Å². The summed E-state index contributed by atoms with van der Waals surface area (Å²) in [4.78, 5) is 2.44. The molecule has 3 atom stereocenters. The number of para-hydroxylation sites is 1. The Hall–Kier alpha value is -1.77. The lowest BCUT2D eigenvalue weighted by Gasteiger charge is -2.38. The highest BCUT2D eigenvalue weighted by molar-refractivity contribution is 7.71. The number of nitrogens with zero attached hydrogens (tertiary/aromatic N) is 4. The van der Waals surface area contributed by atoms with Gasteiger partial charge in [-0.1, -0.05) is 18.6 Å². The molecular weight excluding hydrogens is 391 g/mol. The maximum Gasteiger partial charge on any atom is 0.199 e. The zero-order valence-corrected chi connectivity index (χ0v) is 18.5. The van der Waals surface area contributed by atoms with Gasteiger partial charge in [-0.05, 0) is 58.0 Å². The average molecular weight is 423 g/mol. The van der Waals surface area contributed by atoms with E-state index in [4.69, 9.17) is 26.8 Å². The Balaban J connectivity index is 1.87. The zero-order chi connectivity index (χ0) is 21.0. The first-order valence-corrected chi connectivity index (χ1v) is 10.6. The Bertz CT molecular complexity index is 859. The zero-order valence-electron chi connectivity index (χ0n) is 17.7. The standard InChI is InChI=1S/C21H31FN4O2S/c1-15-8-7-9-16(2)24(15)14-25-21(29)26(17(3)12-27-4)20(23-25)13-28-19-11-6-5-10-18(19)22/h5-6,10-11,15-17H,7-9,12-14H2,1-4H3. The van der Waals surface area contributed by atoms with Crippen LogP contribution in [0.5, 0.6) is 5.75 Å². The van der Waals surface area contributed by atoms with Crippen molar-refractivity contribution < 1.29 is 13.9 Å². The Kier molecular flexibility index (Phi) is 7.43. The highest BCUT2D eigenvalue weighted by Crippen LogP contribution is 2.24. The molecule has 29 heavy (non-hydrogen) atoms. The van der Waals surface area contributed by atoms with Crippen LogP contribution in [-0.4, -0.2) is 45.0 Å². The van der Waals surface area contributed by atoms with E-state index in [0.29, 0.717) is 36.0 Å². The van der Waals surface area contributed by atoms with E-state index in [0.717, 1.165) is 0 Å². The van der Waals surface area contributed by atoms with Crippen molar-refractivity contribution in [1.82, 2.24) is 19.2 Å². The molecule has 2 aromatic rings. The van der Waals surface area contributed by atoms with Crippen molar-refractivity contribution in [2.45, 2.75) is 71.4 Å². The summed E-state index contributed by atoms with van der Waals surface area (Å²) < 4.78 is 29.4. The molecular formula is C21H31FN4O2S. The fourth-order valence-corrected chi connectivity index (χ4v) is 4.41. The highest BCUT2D eigenvalue weighted by Gasteiger charge is 2.26. The Morgan fingerprint density at radius 1 is 1.24 bits per heavy atom. The van der Waals surface area contributed by atoms with Gasteiger partial charge in [0.25, 0.3) is 0 Å². The molecule has 6 nitrogen and oxygen atoms in total. The van der Waals surface area contributed by atoms with E-state index in [1.807, 2.05) is 16.2 Å². The van der Waals surface area contributed by atoms with Crippen LogP contribution in [0, 0.1) is 10.6 Å². The van der Waals surface area contributed by atoms with Gasteiger partial charge in [0.05, 0.1) is 19.3 Å². The molecule has 0 bridgehead atoms. The van der Waals surface area contributed by atoms with Crippen molar-refractivity contribution >= 4 is 12.2 Å². The minimum Gasteiger partial charge on any atom is -0.483 e. The van der Waals surface area contributed by atoms with Crippen LogP contribution >= 0.6 is 12.2 Å². The molecule has 1 fully saturated rings. The topological polar surface area (TPSA) is 44.5 Å². The molecule has 3 rings (SSSR count). The fraction of sp³-hybridized carbons (Fsp3) is 0.619. The third-order valence-corrected chi connectivity index (χ3v) is 6.06. The minimum atomic E-state index is -0.391. The molecule has 8 heteroatoms. The summed E-state index contributed by atoms with van der Waals surface area (Å²) in [6, 6.07) is 7.35. The highest BCUT2D eigenvalue weighted by atomic mass is 32.1. The Labute approximate surface area is 177 Å². The molecule has 0 amide bonds. The predicted octanol–water partition coefficient (Wildman–Crippen LogP) is 4.56. The molecule has 1 saturated heterocycles. The first kappa shape index (κ1) is 21.9. The number of halogens is 1. The van der Waals surface area contributed by atoms with Crippen LogP contribution in [0.1, 0.15) is 51.9 Å². The van der Waals surface area contributed by atoms with E-state index < -0.39 is 5.82 Å². The molecule has 2 heterocycles. The van der Waals surface area contributed by atoms with Gasteiger partial charge in [-0.25, -0.2) is 9.07 Å². The normalized spacial score (nSPS) is 21.3. The van der Waals surface area contributed by atoms with Crippen molar-refractivity contribution in [3.05, 3.63) is 40.7 Å². The number of likely N-dealkylation sites (tertiary alicyclic amines) is 1. The molecule has 0 aliphatic carbocycles. The summed E-state index contributed by atoms with van der Waals surface area (Å²) in [5.41, 5.74) is 0. The molecule has 1 aromatic carbocycles. The summed E-state index contributed by atoms with van der Waals surface area (Å²) in [6.07, 6.45) is 3.62. The third-order valence-electron chi connectivity index (χ3n) is 5.66. The lowest BCUT2D eigenvalue weighted by molar-refractivity contribution is 0.0630. The van der Waals surface area contributed by atoms with Crippen LogP contribution in [0.25, 0.3) is 0 Å². The second-order valence-electron chi connectivity index (χ2n) is 7.88. The van der Waals surface area contributed by atoms with Crippen molar-refractivity contribution in [2.24, 2.45) is 0 Å². The number of ether oxygens (including phenoxy) is 2. The van der Waals surface area contributed by atoms with E-state index in [2.05, 4.69) is 18.7 Å². The number of benzene rings is 1. The number of rotatable bonds is 8. The van der Waals surface area contributed by atoms with E-state index in [9.17, 15) is 4.39 Å². The molecule has 1 aliphatic heterocycles. The van der Waals surface area contributed by atoms with Gasteiger partial charge < -0.3 is 9.47 Å². The first-order chi connectivity index (χ1) is 13.9. The van der Waals surface area contributed by atoms with E-state index >= 15 is 0 Å². The number of hydrogen-bond donors (Lipinski definition) is 0. The van der Waals surface area contributed by atoms with Gasteiger partial charge in [-0.15, -0.1) is 0 Å². The van der Waals surface area contributed by atoms with E-state index in [-0.39, 0.29) is 18.4 Å². The first-order valence-electron chi connectivity index (χ1n) is 10.2. The number of methoxy groups -OCH3 is 1. The largest absolute Gasteiger partial charge is 0.483 e. The summed E-state index contributed by atoms with van der Waals surface area (Å²) >= 11 is 5.76. The molecule has 1 aromatic heterocycles. The van der Waals surface area contributed by atoms with E-state index in [1.165, 1.54) is 25.3 Å². The van der Waals surface area contributed by atoms with E-state index in [1.54, 1.807) is 25.3 Å². The maximum absolute atomic E-state index is 13.9. The van der Waals surface area contributed by atoms with Gasteiger partial charge in [0.15, 0.2) is 22.2 Å². The summed E-state index contributed by atoms with van der Waals surface area (Å²) in [7, 11) is 1.66. The molecule has 0 radical (unpaired) electrons. The molecule has 1 aliphatic rings. The number of piperidine rings is 1. The van der Waals surface area contributed by atoms with Crippen molar-refractivity contribution in [1.29, 1.82) is 0 Å². The van der Waals surface area contributed by atoms with Crippen LogP contribution in [0.15, 0.2) is 24.3 Å². The van der Waals surface area contributed by atoms with Crippen LogP contribution in [-0.2, 0) is 18.0 Å². The summed E-state index contributed by atoms with van der Waals surface area (Å²) in [5, 5.41) is 4.75. The smallest absolute Gasteiger partial charge is 0.199 e. The second kappa shape index (κ2) is 9.82. The van der Waals surface area contributed by atoms with Gasteiger partial charge >= 0.3 is 0 Å². The molecule has 0 N–H and O–H groups in total. The van der Waals surface area contributed by atoms with Gasteiger partial charge in [0.1, 0.15) is 6.61 Å². The second-order valence-corrected chi connectivity index (χ2v) is 8.24. The fourth-order valence-electron chi connectivity index (χ4n) is 4.03. The van der Waals surface area contributed by atoms with Crippen LogP contribution in [0.2, 0.25) is 0 Å². The Morgan fingerprint density at radius 2 is 1.93 bits per heavy atom. The molecule has 3 unspecified atom stereocenters. The lowest BCUT2D eigenvalue weighted by atomic mass is 9.98. The van der Waals surface area contributed by atoms with Crippen LogP contribution < -0.4 is 4.74 Å². The number of aromatic nitrogens is 3. The minimum absolute atomic E-state index is 0.00308. The predicted molar refractivity (Wildman–Crippen MR) is 113 cm³/mol. The van der Waals surface area contributed by atoms with Crippen molar-refractivity contribution in [2.75, 3.05) is 13.7 Å². The van der Waals surface area contributed by atoms with Crippen molar-refractivity contribution in [3.8, 4) is 5.75 Å².